The number of nitrogens with zero attached hydrogens (tertiary/aromatic N) is 4. The van der Waals surface area contributed by atoms with Crippen LogP contribution < -0.4 is 0 Å². The maximum atomic E-state index is 11.1. The van der Waals surface area contributed by atoms with Gasteiger partial charge in [-0.3, -0.25) is 4.98 Å². The average Bonchev–Trinajstić information content (AvgIpc) is 3.25. The summed E-state index contributed by atoms with van der Waals surface area (Å²) in [4.78, 5) is 20.1. The number of carboxylic acid groups (broad SMARTS) is 1. The smallest absolute Gasteiger partial charge is 0.432 e. The molecular weight excluding hydrogens is 304 g/mol. The Morgan fingerprint density at radius 1 is 1.36 bits per heavy atom. The Bertz CT molecular complexity index is 902. The van der Waals surface area contributed by atoms with Gasteiger partial charge in [0.15, 0.2) is 0 Å². The maximum absolute atomic E-state index is 11.1. The van der Waals surface area contributed by atoms with E-state index in [-0.39, 0.29) is 0 Å². The number of aromatic nitrogens is 4. The summed E-state index contributed by atoms with van der Waals surface area (Å²) < 4.78 is 0.937. The van der Waals surface area contributed by atoms with E-state index in [4.69, 9.17) is 16.7 Å². The highest BCUT2D eigenvalue weighted by Gasteiger charge is 2.31. The second-order valence-electron chi connectivity index (χ2n) is 5.29. The van der Waals surface area contributed by atoms with Crippen molar-refractivity contribution < 1.29 is 9.90 Å². The molecule has 2 aromatic heterocycles. The van der Waals surface area contributed by atoms with Crippen molar-refractivity contribution in [3.63, 3.8) is 0 Å². The van der Waals surface area contributed by atoms with Gasteiger partial charge in [-0.25, -0.2) is 9.78 Å². The fourth-order valence-electron chi connectivity index (χ4n) is 2.48. The summed E-state index contributed by atoms with van der Waals surface area (Å²) in [6.45, 7) is 0. The van der Waals surface area contributed by atoms with Crippen LogP contribution in [0.2, 0.25) is 5.02 Å². The molecule has 0 bridgehead atoms. The van der Waals surface area contributed by atoms with Crippen LogP contribution in [0, 0.1) is 0 Å². The highest BCUT2D eigenvalue weighted by Crippen LogP contribution is 2.43. The zero-order valence-corrected chi connectivity index (χ0v) is 12.2. The van der Waals surface area contributed by atoms with Crippen molar-refractivity contribution in [3.8, 4) is 11.3 Å². The maximum Gasteiger partial charge on any atom is 0.432 e. The van der Waals surface area contributed by atoms with E-state index in [1.165, 1.54) is 6.20 Å². The molecule has 1 fully saturated rings. The van der Waals surface area contributed by atoms with Gasteiger partial charge in [-0.15, -0.1) is 0 Å². The van der Waals surface area contributed by atoms with Gasteiger partial charge in [0.05, 0.1) is 28.1 Å². The van der Waals surface area contributed by atoms with Crippen LogP contribution in [0.3, 0.4) is 0 Å². The number of para-hydroxylation sites is 1. The predicted octanol–water partition coefficient (Wildman–Crippen LogP) is 3.55. The number of rotatable bonds is 2. The molecule has 0 atom stereocenters. The molecule has 1 aromatic carbocycles. The van der Waals surface area contributed by atoms with Crippen molar-refractivity contribution in [2.45, 2.75) is 18.8 Å². The van der Waals surface area contributed by atoms with Crippen molar-refractivity contribution >= 4 is 28.7 Å². The number of benzene rings is 1. The molecule has 1 N–H and O–H groups in total. The minimum Gasteiger partial charge on any atom is -0.463 e. The molecular formula is C15H11ClN4O2. The van der Waals surface area contributed by atoms with E-state index >= 15 is 0 Å². The first kappa shape index (κ1) is 13.2. The number of halogens is 1. The third-order valence-electron chi connectivity index (χ3n) is 3.70. The molecule has 0 radical (unpaired) electrons. The average molecular weight is 315 g/mol. The molecule has 0 spiro atoms. The number of carbonyl (C=O) groups is 1. The third-order valence-corrected chi connectivity index (χ3v) is 4.01. The molecule has 1 aliphatic rings. The molecule has 0 unspecified atom stereocenters. The first-order chi connectivity index (χ1) is 10.6. The minimum atomic E-state index is -1.11. The van der Waals surface area contributed by atoms with Gasteiger partial charge < -0.3 is 5.11 Å². The molecule has 1 saturated carbocycles. The minimum absolute atomic E-state index is 0.312. The monoisotopic (exact) mass is 314 g/mol. The van der Waals surface area contributed by atoms with E-state index in [0.717, 1.165) is 28.8 Å². The van der Waals surface area contributed by atoms with Crippen LogP contribution >= 0.6 is 11.6 Å². The Kier molecular flexibility index (Phi) is 2.87. The summed E-state index contributed by atoms with van der Waals surface area (Å²) in [5.41, 5.74) is 3.42. The molecule has 1 aliphatic carbocycles. The largest absolute Gasteiger partial charge is 0.463 e. The summed E-state index contributed by atoms with van der Waals surface area (Å²) in [5.74, 6) is 0.312. The molecule has 110 valence electrons. The molecule has 0 saturated heterocycles. The van der Waals surface area contributed by atoms with Gasteiger partial charge in [0.25, 0.3) is 0 Å². The van der Waals surface area contributed by atoms with Gasteiger partial charge in [-0.05, 0) is 25.0 Å². The second kappa shape index (κ2) is 4.78. The number of hydrogen-bond donors (Lipinski definition) is 1. The predicted molar refractivity (Wildman–Crippen MR) is 81.2 cm³/mol. The van der Waals surface area contributed by atoms with Crippen LogP contribution in [-0.2, 0) is 0 Å². The third kappa shape index (κ3) is 2.12. The molecule has 7 heteroatoms. The Morgan fingerprint density at radius 2 is 2.18 bits per heavy atom. The lowest BCUT2D eigenvalue weighted by molar-refractivity contribution is 0.192. The highest BCUT2D eigenvalue weighted by molar-refractivity contribution is 6.34. The molecule has 0 aliphatic heterocycles. The van der Waals surface area contributed by atoms with Gasteiger partial charge in [0.1, 0.15) is 5.52 Å². The normalized spacial score (nSPS) is 14.4. The van der Waals surface area contributed by atoms with Crippen LogP contribution in [0.5, 0.6) is 0 Å². The van der Waals surface area contributed by atoms with Crippen molar-refractivity contribution in [3.05, 3.63) is 41.3 Å². The first-order valence-electron chi connectivity index (χ1n) is 6.88. The summed E-state index contributed by atoms with van der Waals surface area (Å²) in [6, 6.07) is 5.40. The van der Waals surface area contributed by atoms with Crippen LogP contribution in [0.1, 0.15) is 24.5 Å². The molecule has 6 nitrogen and oxygen atoms in total. The van der Waals surface area contributed by atoms with E-state index in [2.05, 4.69) is 15.1 Å². The Hall–Kier alpha value is -2.47. The molecule has 2 heterocycles. The van der Waals surface area contributed by atoms with Gasteiger partial charge in [0.2, 0.25) is 0 Å². The Morgan fingerprint density at radius 3 is 2.91 bits per heavy atom. The van der Waals surface area contributed by atoms with Crippen molar-refractivity contribution in [1.82, 2.24) is 19.7 Å². The van der Waals surface area contributed by atoms with Crippen LogP contribution in [0.25, 0.3) is 22.3 Å². The topological polar surface area (TPSA) is 80.9 Å². The van der Waals surface area contributed by atoms with Crippen molar-refractivity contribution in [1.29, 1.82) is 0 Å². The van der Waals surface area contributed by atoms with Crippen LogP contribution in [0.4, 0.5) is 4.79 Å². The van der Waals surface area contributed by atoms with E-state index in [9.17, 15) is 4.79 Å². The van der Waals surface area contributed by atoms with Crippen LogP contribution in [-0.4, -0.2) is 30.9 Å². The zero-order chi connectivity index (χ0) is 15.3. The van der Waals surface area contributed by atoms with Gasteiger partial charge in [-0.1, -0.05) is 17.7 Å². The highest BCUT2D eigenvalue weighted by atomic mass is 35.5. The van der Waals surface area contributed by atoms with Gasteiger partial charge >= 0.3 is 6.09 Å². The molecule has 4 rings (SSSR count). The standard InChI is InChI=1S/C15H11ClN4O2/c16-10-2-1-3-11-14(10)17-6-12(18-11)9-7-20(15(21)22)19-13(9)8-4-5-8/h1-3,6-8H,4-5H2,(H,21,22). The summed E-state index contributed by atoms with van der Waals surface area (Å²) in [5, 5.41) is 13.8. The van der Waals surface area contributed by atoms with Gasteiger partial charge in [0, 0.05) is 17.7 Å². The number of hydrogen-bond acceptors (Lipinski definition) is 4. The van der Waals surface area contributed by atoms with E-state index in [1.54, 1.807) is 12.3 Å². The summed E-state index contributed by atoms with van der Waals surface area (Å²) in [6.07, 6.45) is 4.05. The Balaban J connectivity index is 1.89. The summed E-state index contributed by atoms with van der Waals surface area (Å²) >= 11 is 6.10. The van der Waals surface area contributed by atoms with E-state index < -0.39 is 6.09 Å². The van der Waals surface area contributed by atoms with Crippen molar-refractivity contribution in [2.24, 2.45) is 0 Å². The van der Waals surface area contributed by atoms with Crippen LogP contribution in [0.15, 0.2) is 30.6 Å². The van der Waals surface area contributed by atoms with Gasteiger partial charge in [-0.2, -0.15) is 9.78 Å². The lowest BCUT2D eigenvalue weighted by Gasteiger charge is -2.03. The fraction of sp³-hybridized carbons (Fsp3) is 0.200. The Labute approximate surface area is 130 Å². The lowest BCUT2D eigenvalue weighted by Crippen LogP contribution is -2.08. The number of fused-ring (bicyclic) bond motifs is 1. The molecule has 3 aromatic rings. The molecule has 0 amide bonds. The summed E-state index contributed by atoms with van der Waals surface area (Å²) in [7, 11) is 0. The lowest BCUT2D eigenvalue weighted by atomic mass is 10.1. The van der Waals surface area contributed by atoms with E-state index in [0.29, 0.717) is 27.7 Å². The molecule has 22 heavy (non-hydrogen) atoms. The SMILES string of the molecule is O=C(O)n1cc(-c2cnc3c(Cl)cccc3n2)c(C2CC2)n1. The fourth-order valence-corrected chi connectivity index (χ4v) is 2.70. The first-order valence-corrected chi connectivity index (χ1v) is 7.26. The second-order valence-corrected chi connectivity index (χ2v) is 5.70. The van der Waals surface area contributed by atoms with Crippen molar-refractivity contribution in [2.75, 3.05) is 0 Å². The quantitative estimate of drug-likeness (QED) is 0.782. The van der Waals surface area contributed by atoms with E-state index in [1.807, 2.05) is 12.1 Å². The zero-order valence-electron chi connectivity index (χ0n) is 11.4.